The lowest BCUT2D eigenvalue weighted by molar-refractivity contribution is 0.260. The predicted molar refractivity (Wildman–Crippen MR) is 71.4 cm³/mol. The first-order chi connectivity index (χ1) is 8.08. The van der Waals surface area contributed by atoms with Crippen molar-refractivity contribution in [2.75, 3.05) is 6.54 Å². The van der Waals surface area contributed by atoms with Gasteiger partial charge < -0.3 is 5.73 Å². The molecule has 1 aromatic rings. The molecule has 0 bridgehead atoms. The Hall–Kier alpha value is -1.00. The molecule has 2 nitrogen and oxygen atoms in total. The van der Waals surface area contributed by atoms with Gasteiger partial charge in [-0.15, -0.1) is 0 Å². The third-order valence-corrected chi connectivity index (χ3v) is 3.59. The monoisotopic (exact) mass is 252 g/mol. The molecule has 0 radical (unpaired) electrons. The molecule has 1 saturated heterocycles. The lowest BCUT2D eigenvalue weighted by Gasteiger charge is -2.21. The summed E-state index contributed by atoms with van der Waals surface area (Å²) in [4.78, 5) is 2.52. The second-order valence-corrected chi connectivity index (χ2v) is 5.08. The molecule has 1 aliphatic heterocycles. The van der Waals surface area contributed by atoms with E-state index in [0.29, 0.717) is 11.6 Å². The molecule has 92 valence electrons. The first kappa shape index (κ1) is 12.5. The number of likely N-dealkylation sites (tertiary alicyclic amines) is 1. The van der Waals surface area contributed by atoms with Gasteiger partial charge >= 0.3 is 0 Å². The van der Waals surface area contributed by atoms with Crippen LogP contribution in [0.2, 0.25) is 0 Å². The van der Waals surface area contributed by atoms with Crippen LogP contribution in [0, 0.1) is 5.82 Å². The van der Waals surface area contributed by atoms with Gasteiger partial charge in [0.15, 0.2) is 0 Å². The van der Waals surface area contributed by atoms with E-state index in [1.54, 1.807) is 6.07 Å². The number of hydrogen-bond donors (Lipinski definition) is 1. The minimum absolute atomic E-state index is 0.124. The molecule has 1 heterocycles. The van der Waals surface area contributed by atoms with Crippen LogP contribution < -0.4 is 5.73 Å². The van der Waals surface area contributed by atoms with Crippen molar-refractivity contribution in [1.82, 2.24) is 4.90 Å². The number of nitrogens with zero attached hydrogens (tertiary/aromatic N) is 1. The van der Waals surface area contributed by atoms with Crippen LogP contribution >= 0.6 is 12.2 Å². The van der Waals surface area contributed by atoms with Crippen molar-refractivity contribution in [3.63, 3.8) is 0 Å². The number of benzene rings is 1. The highest BCUT2D eigenvalue weighted by Crippen LogP contribution is 2.20. The Labute approximate surface area is 107 Å². The van der Waals surface area contributed by atoms with Gasteiger partial charge in [0.1, 0.15) is 10.8 Å². The van der Waals surface area contributed by atoms with E-state index in [2.05, 4.69) is 11.8 Å². The zero-order valence-electron chi connectivity index (χ0n) is 9.95. The topological polar surface area (TPSA) is 29.3 Å². The first-order valence-corrected chi connectivity index (χ1v) is 6.31. The minimum atomic E-state index is -0.337. The summed E-state index contributed by atoms with van der Waals surface area (Å²) in [6.07, 6.45) is 2.48. The highest BCUT2D eigenvalue weighted by Gasteiger charge is 2.20. The first-order valence-electron chi connectivity index (χ1n) is 5.90. The molecule has 1 aromatic carbocycles. The molecule has 1 unspecified atom stereocenters. The maximum atomic E-state index is 13.4. The van der Waals surface area contributed by atoms with E-state index in [9.17, 15) is 4.39 Å². The summed E-state index contributed by atoms with van der Waals surface area (Å²) >= 11 is 4.84. The van der Waals surface area contributed by atoms with Crippen molar-refractivity contribution in [3.8, 4) is 0 Å². The Morgan fingerprint density at radius 1 is 1.59 bits per heavy atom. The minimum Gasteiger partial charge on any atom is -0.389 e. The molecule has 17 heavy (non-hydrogen) atoms. The van der Waals surface area contributed by atoms with E-state index in [-0.39, 0.29) is 10.8 Å². The summed E-state index contributed by atoms with van der Waals surface area (Å²) < 4.78 is 13.4. The van der Waals surface area contributed by atoms with Crippen LogP contribution in [0.1, 0.15) is 30.9 Å². The summed E-state index contributed by atoms with van der Waals surface area (Å²) in [5.74, 6) is -0.337. The van der Waals surface area contributed by atoms with Crippen molar-refractivity contribution in [3.05, 3.63) is 35.1 Å². The molecule has 2 N–H and O–H groups in total. The van der Waals surface area contributed by atoms with Gasteiger partial charge in [0.05, 0.1) is 0 Å². The van der Waals surface area contributed by atoms with Crippen LogP contribution in [-0.2, 0) is 6.54 Å². The fourth-order valence-electron chi connectivity index (χ4n) is 2.32. The molecule has 0 spiro atoms. The Morgan fingerprint density at radius 3 is 2.94 bits per heavy atom. The average molecular weight is 252 g/mol. The van der Waals surface area contributed by atoms with Crippen LogP contribution in [0.25, 0.3) is 0 Å². The highest BCUT2D eigenvalue weighted by atomic mass is 32.1. The second-order valence-electron chi connectivity index (χ2n) is 4.64. The summed E-state index contributed by atoms with van der Waals surface area (Å²) in [6, 6.07) is 5.63. The molecule has 1 aliphatic rings. The lowest BCUT2D eigenvalue weighted by atomic mass is 10.1. The van der Waals surface area contributed by atoms with Crippen LogP contribution in [0.15, 0.2) is 18.2 Å². The Morgan fingerprint density at radius 2 is 2.35 bits per heavy atom. The molecule has 1 fully saturated rings. The van der Waals surface area contributed by atoms with Crippen LogP contribution in [0.4, 0.5) is 4.39 Å². The quantitative estimate of drug-likeness (QED) is 0.838. The fourth-order valence-corrected chi connectivity index (χ4v) is 2.48. The Balaban J connectivity index is 2.16. The van der Waals surface area contributed by atoms with Crippen molar-refractivity contribution in [1.29, 1.82) is 0 Å². The Kier molecular flexibility index (Phi) is 3.74. The summed E-state index contributed by atoms with van der Waals surface area (Å²) in [5, 5.41) is 0. The van der Waals surface area contributed by atoms with Crippen LogP contribution in [0.3, 0.4) is 0 Å². The van der Waals surface area contributed by atoms with Crippen molar-refractivity contribution < 1.29 is 4.39 Å². The maximum absolute atomic E-state index is 13.4. The SMILES string of the molecule is CC1CCCN1Cc1ccc(F)c(C(N)=S)c1. The third kappa shape index (κ3) is 2.82. The van der Waals surface area contributed by atoms with E-state index in [4.69, 9.17) is 18.0 Å². The standard InChI is InChI=1S/C13H17FN2S/c1-9-3-2-6-16(9)8-10-4-5-12(14)11(7-10)13(15)17/h4-5,7,9H,2-3,6,8H2,1H3,(H2,15,17). The van der Waals surface area contributed by atoms with Crippen molar-refractivity contribution in [2.24, 2.45) is 5.73 Å². The fraction of sp³-hybridized carbons (Fsp3) is 0.462. The molecule has 2 rings (SSSR count). The lowest BCUT2D eigenvalue weighted by Crippen LogP contribution is -2.26. The normalized spacial score (nSPS) is 20.7. The number of thiocarbonyl (C=S) groups is 1. The number of nitrogens with two attached hydrogens (primary N) is 1. The van der Waals surface area contributed by atoms with Gasteiger partial charge in [0.25, 0.3) is 0 Å². The molecule has 0 aliphatic carbocycles. The van der Waals surface area contributed by atoms with Gasteiger partial charge in [-0.2, -0.15) is 0 Å². The van der Waals surface area contributed by atoms with Crippen molar-refractivity contribution >= 4 is 17.2 Å². The molecule has 0 saturated carbocycles. The molecule has 1 atom stereocenters. The zero-order chi connectivity index (χ0) is 12.4. The Bertz CT molecular complexity index is 433. The maximum Gasteiger partial charge on any atom is 0.133 e. The van der Waals surface area contributed by atoms with E-state index in [1.165, 1.54) is 18.9 Å². The van der Waals surface area contributed by atoms with E-state index in [0.717, 1.165) is 18.7 Å². The number of rotatable bonds is 3. The molecular weight excluding hydrogens is 235 g/mol. The van der Waals surface area contributed by atoms with Gasteiger partial charge in [-0.3, -0.25) is 4.90 Å². The number of hydrogen-bond acceptors (Lipinski definition) is 2. The summed E-state index contributed by atoms with van der Waals surface area (Å²) in [5.41, 5.74) is 6.92. The van der Waals surface area contributed by atoms with Gasteiger partial charge in [-0.05, 0) is 44.0 Å². The second kappa shape index (κ2) is 5.10. The van der Waals surface area contributed by atoms with Gasteiger partial charge in [0.2, 0.25) is 0 Å². The van der Waals surface area contributed by atoms with Gasteiger partial charge in [-0.25, -0.2) is 4.39 Å². The van der Waals surface area contributed by atoms with Gasteiger partial charge in [0, 0.05) is 18.2 Å². The van der Waals surface area contributed by atoms with E-state index >= 15 is 0 Å². The molecule has 0 aromatic heterocycles. The van der Waals surface area contributed by atoms with E-state index in [1.807, 2.05) is 6.07 Å². The van der Waals surface area contributed by atoms with E-state index < -0.39 is 0 Å². The molecule has 4 heteroatoms. The van der Waals surface area contributed by atoms with Gasteiger partial charge in [-0.1, -0.05) is 18.3 Å². The largest absolute Gasteiger partial charge is 0.389 e. The molecular formula is C13H17FN2S. The van der Waals surface area contributed by atoms with Crippen LogP contribution in [0.5, 0.6) is 0 Å². The number of halogens is 1. The zero-order valence-corrected chi connectivity index (χ0v) is 10.8. The average Bonchev–Trinajstić information content (AvgIpc) is 2.67. The smallest absolute Gasteiger partial charge is 0.133 e. The van der Waals surface area contributed by atoms with Crippen LogP contribution in [-0.4, -0.2) is 22.5 Å². The third-order valence-electron chi connectivity index (χ3n) is 3.37. The predicted octanol–water partition coefficient (Wildman–Crippen LogP) is 2.44. The van der Waals surface area contributed by atoms with Crippen molar-refractivity contribution in [2.45, 2.75) is 32.4 Å². The molecule has 0 amide bonds. The summed E-state index contributed by atoms with van der Waals surface area (Å²) in [7, 11) is 0. The highest BCUT2D eigenvalue weighted by molar-refractivity contribution is 7.80. The summed E-state index contributed by atoms with van der Waals surface area (Å²) in [6.45, 7) is 4.18.